The van der Waals surface area contributed by atoms with Crippen molar-refractivity contribution in [1.29, 1.82) is 0 Å². The van der Waals surface area contributed by atoms with Gasteiger partial charge in [-0.15, -0.1) is 0 Å². The molecule has 102 valence electrons. The second-order valence-corrected chi connectivity index (χ2v) is 5.81. The van der Waals surface area contributed by atoms with E-state index in [9.17, 15) is 0 Å². The summed E-state index contributed by atoms with van der Waals surface area (Å²) in [6.07, 6.45) is 0. The Labute approximate surface area is 123 Å². The number of likely N-dealkylation sites (N-methyl/N-ethyl adjacent to an activating group) is 2. The van der Waals surface area contributed by atoms with Crippen molar-refractivity contribution in [1.82, 2.24) is 9.88 Å². The first kappa shape index (κ1) is 14.3. The molecule has 0 aliphatic carbocycles. The Morgan fingerprint density at radius 3 is 2.58 bits per heavy atom. The summed E-state index contributed by atoms with van der Waals surface area (Å²) in [5.41, 5.74) is 1.05. The summed E-state index contributed by atoms with van der Waals surface area (Å²) in [5.74, 6) is 1.05. The molecule has 0 amide bonds. The van der Waals surface area contributed by atoms with Gasteiger partial charge in [0.15, 0.2) is 0 Å². The van der Waals surface area contributed by atoms with Crippen LogP contribution in [0.2, 0.25) is 0 Å². The van der Waals surface area contributed by atoms with Gasteiger partial charge in [0.1, 0.15) is 5.82 Å². The summed E-state index contributed by atoms with van der Waals surface area (Å²) in [4.78, 5) is 9.25. The first-order chi connectivity index (χ1) is 9.10. The molecule has 1 heterocycles. The van der Waals surface area contributed by atoms with E-state index in [0.717, 1.165) is 35.4 Å². The molecule has 3 nitrogen and oxygen atoms in total. The number of aromatic nitrogens is 1. The van der Waals surface area contributed by atoms with E-state index in [1.54, 1.807) is 0 Å². The van der Waals surface area contributed by atoms with E-state index in [0.29, 0.717) is 0 Å². The van der Waals surface area contributed by atoms with Crippen LogP contribution < -0.4 is 4.90 Å². The molecule has 2 aromatic rings. The van der Waals surface area contributed by atoms with E-state index in [4.69, 9.17) is 4.98 Å². The van der Waals surface area contributed by atoms with Gasteiger partial charge in [0.05, 0.1) is 5.52 Å². The molecule has 4 heteroatoms. The summed E-state index contributed by atoms with van der Waals surface area (Å²) in [6.45, 7) is 5.18. The lowest BCUT2D eigenvalue weighted by Gasteiger charge is -2.24. The first-order valence-electron chi connectivity index (χ1n) is 6.56. The fourth-order valence-corrected chi connectivity index (χ4v) is 2.40. The quantitative estimate of drug-likeness (QED) is 0.841. The number of benzene rings is 1. The summed E-state index contributed by atoms with van der Waals surface area (Å²) < 4.78 is 1.09. The molecule has 0 atom stereocenters. The lowest BCUT2D eigenvalue weighted by atomic mass is 10.2. The Morgan fingerprint density at radius 2 is 1.89 bits per heavy atom. The number of pyridine rings is 1. The molecular weight excluding hydrogens is 302 g/mol. The Hall–Kier alpha value is -1.13. The van der Waals surface area contributed by atoms with Crippen LogP contribution in [-0.4, -0.2) is 43.6 Å². The molecule has 1 aromatic heterocycles. The van der Waals surface area contributed by atoms with Gasteiger partial charge in [0.2, 0.25) is 0 Å². The standard InChI is InChI=1S/C15H20BrN3/c1-4-19(10-9-18(2)3)15-8-5-12-11-13(16)6-7-14(12)17-15/h5-8,11H,4,9-10H2,1-3H3. The molecule has 0 spiro atoms. The van der Waals surface area contributed by atoms with Crippen molar-refractivity contribution < 1.29 is 0 Å². The molecule has 0 radical (unpaired) electrons. The topological polar surface area (TPSA) is 19.4 Å². The van der Waals surface area contributed by atoms with Crippen molar-refractivity contribution in [3.8, 4) is 0 Å². The van der Waals surface area contributed by atoms with Gasteiger partial charge in [-0.05, 0) is 51.4 Å². The Bertz CT molecular complexity index is 554. The van der Waals surface area contributed by atoms with Gasteiger partial charge >= 0.3 is 0 Å². The van der Waals surface area contributed by atoms with Gasteiger partial charge in [-0.25, -0.2) is 4.98 Å². The molecule has 0 aliphatic rings. The minimum absolute atomic E-state index is 0.975. The molecule has 19 heavy (non-hydrogen) atoms. The molecule has 0 bridgehead atoms. The van der Waals surface area contributed by atoms with Gasteiger partial charge in [-0.1, -0.05) is 15.9 Å². The minimum atomic E-state index is 0.975. The number of halogens is 1. The summed E-state index contributed by atoms with van der Waals surface area (Å²) in [5, 5.41) is 1.17. The van der Waals surface area contributed by atoms with E-state index in [1.807, 2.05) is 6.07 Å². The molecule has 0 unspecified atom stereocenters. The maximum absolute atomic E-state index is 4.75. The van der Waals surface area contributed by atoms with Crippen LogP contribution in [0.25, 0.3) is 10.9 Å². The summed E-state index contributed by atoms with van der Waals surface area (Å²) in [7, 11) is 4.19. The average molecular weight is 322 g/mol. The SMILES string of the molecule is CCN(CCN(C)C)c1ccc2cc(Br)ccc2n1. The highest BCUT2D eigenvalue weighted by Crippen LogP contribution is 2.21. The fourth-order valence-electron chi connectivity index (χ4n) is 2.02. The fraction of sp³-hybridized carbons (Fsp3) is 0.400. The Morgan fingerprint density at radius 1 is 1.11 bits per heavy atom. The normalized spacial score (nSPS) is 11.2. The molecule has 1 aromatic carbocycles. The number of anilines is 1. The van der Waals surface area contributed by atoms with Gasteiger partial charge in [0, 0.05) is 29.5 Å². The van der Waals surface area contributed by atoms with Crippen LogP contribution >= 0.6 is 15.9 Å². The number of fused-ring (bicyclic) bond motifs is 1. The van der Waals surface area contributed by atoms with Gasteiger partial charge in [-0.3, -0.25) is 0 Å². The zero-order chi connectivity index (χ0) is 13.8. The monoisotopic (exact) mass is 321 g/mol. The van der Waals surface area contributed by atoms with Crippen molar-refractivity contribution in [2.24, 2.45) is 0 Å². The zero-order valence-corrected chi connectivity index (χ0v) is 13.3. The lowest BCUT2D eigenvalue weighted by Crippen LogP contribution is -2.32. The first-order valence-corrected chi connectivity index (χ1v) is 7.35. The third-order valence-corrected chi connectivity index (χ3v) is 3.65. The van der Waals surface area contributed by atoms with Crippen LogP contribution in [-0.2, 0) is 0 Å². The van der Waals surface area contributed by atoms with Crippen LogP contribution in [0.4, 0.5) is 5.82 Å². The molecule has 0 N–H and O–H groups in total. The Balaban J connectivity index is 2.25. The van der Waals surface area contributed by atoms with Crippen molar-refractivity contribution in [3.63, 3.8) is 0 Å². The molecular formula is C15H20BrN3. The summed E-state index contributed by atoms with van der Waals surface area (Å²) >= 11 is 3.49. The van der Waals surface area contributed by atoms with E-state index < -0.39 is 0 Å². The highest BCUT2D eigenvalue weighted by molar-refractivity contribution is 9.10. The number of rotatable bonds is 5. The number of nitrogens with zero attached hydrogens (tertiary/aromatic N) is 3. The molecule has 0 fully saturated rings. The lowest BCUT2D eigenvalue weighted by molar-refractivity contribution is 0.413. The van der Waals surface area contributed by atoms with Crippen LogP contribution in [0, 0.1) is 0 Å². The van der Waals surface area contributed by atoms with Crippen LogP contribution in [0.5, 0.6) is 0 Å². The van der Waals surface area contributed by atoms with Gasteiger partial charge < -0.3 is 9.80 Å². The third kappa shape index (κ3) is 3.67. The summed E-state index contributed by atoms with van der Waals surface area (Å²) in [6, 6.07) is 10.4. The molecule has 2 rings (SSSR count). The van der Waals surface area contributed by atoms with Crippen LogP contribution in [0.3, 0.4) is 0 Å². The second-order valence-electron chi connectivity index (χ2n) is 4.89. The van der Waals surface area contributed by atoms with Crippen molar-refractivity contribution in [2.45, 2.75) is 6.92 Å². The van der Waals surface area contributed by atoms with Gasteiger partial charge in [0.25, 0.3) is 0 Å². The zero-order valence-electron chi connectivity index (χ0n) is 11.7. The smallest absolute Gasteiger partial charge is 0.129 e. The molecule has 0 saturated heterocycles. The largest absolute Gasteiger partial charge is 0.356 e. The predicted molar refractivity (Wildman–Crippen MR) is 85.9 cm³/mol. The van der Waals surface area contributed by atoms with E-state index in [2.05, 4.69) is 71.0 Å². The molecule has 0 aliphatic heterocycles. The second kappa shape index (κ2) is 6.35. The average Bonchev–Trinajstić information content (AvgIpc) is 2.39. The van der Waals surface area contributed by atoms with Crippen molar-refractivity contribution in [2.75, 3.05) is 38.6 Å². The number of hydrogen-bond donors (Lipinski definition) is 0. The van der Waals surface area contributed by atoms with Crippen molar-refractivity contribution in [3.05, 3.63) is 34.8 Å². The van der Waals surface area contributed by atoms with Crippen LogP contribution in [0.1, 0.15) is 6.92 Å². The third-order valence-electron chi connectivity index (χ3n) is 3.16. The highest BCUT2D eigenvalue weighted by atomic mass is 79.9. The number of hydrogen-bond acceptors (Lipinski definition) is 3. The maximum Gasteiger partial charge on any atom is 0.129 e. The van der Waals surface area contributed by atoms with E-state index in [1.165, 1.54) is 5.39 Å². The van der Waals surface area contributed by atoms with E-state index >= 15 is 0 Å². The van der Waals surface area contributed by atoms with Crippen molar-refractivity contribution >= 4 is 32.7 Å². The van der Waals surface area contributed by atoms with Crippen LogP contribution in [0.15, 0.2) is 34.8 Å². The minimum Gasteiger partial charge on any atom is -0.356 e. The molecule has 0 saturated carbocycles. The predicted octanol–water partition coefficient (Wildman–Crippen LogP) is 3.39. The highest BCUT2D eigenvalue weighted by Gasteiger charge is 2.07. The Kier molecular flexibility index (Phi) is 4.77. The van der Waals surface area contributed by atoms with Gasteiger partial charge in [-0.2, -0.15) is 0 Å². The van der Waals surface area contributed by atoms with E-state index in [-0.39, 0.29) is 0 Å². The maximum atomic E-state index is 4.75.